The first-order chi connectivity index (χ1) is 13.9. The van der Waals surface area contributed by atoms with Crippen molar-refractivity contribution in [3.8, 4) is 0 Å². The van der Waals surface area contributed by atoms with Gasteiger partial charge in [0.05, 0.1) is 24.2 Å². The third kappa shape index (κ3) is 5.39. The molecule has 0 fully saturated rings. The smallest absolute Gasteiger partial charge is 0.270 e. The Balaban J connectivity index is 1.57. The van der Waals surface area contributed by atoms with Gasteiger partial charge in [-0.25, -0.2) is 4.68 Å². The average molecular weight is 414 g/mol. The number of amides is 2. The highest BCUT2D eigenvalue weighted by Crippen LogP contribution is 2.14. The van der Waals surface area contributed by atoms with Crippen LogP contribution in [-0.2, 0) is 11.3 Å². The van der Waals surface area contributed by atoms with Gasteiger partial charge in [0.1, 0.15) is 5.82 Å². The summed E-state index contributed by atoms with van der Waals surface area (Å²) < 4.78 is 1.60. The molecule has 148 valence electrons. The highest BCUT2D eigenvalue weighted by Gasteiger charge is 2.13. The van der Waals surface area contributed by atoms with E-state index < -0.39 is 16.7 Å². The predicted molar refractivity (Wildman–Crippen MR) is 107 cm³/mol. The minimum Gasteiger partial charge on any atom is -0.343 e. The molecule has 2 amide bonds. The zero-order valence-corrected chi connectivity index (χ0v) is 15.8. The first-order valence-electron chi connectivity index (χ1n) is 8.51. The van der Waals surface area contributed by atoms with Crippen LogP contribution in [-0.4, -0.2) is 33.1 Å². The molecule has 0 atom stereocenters. The number of hydrogen-bond acceptors (Lipinski definition) is 5. The number of aromatic nitrogens is 2. The molecule has 2 aromatic carbocycles. The molecule has 1 aromatic heterocycles. The molecule has 0 aliphatic carbocycles. The molecule has 0 saturated carbocycles. The molecule has 0 unspecified atom stereocenters. The van der Waals surface area contributed by atoms with Gasteiger partial charge in [-0.15, -0.1) is 0 Å². The normalized spacial score (nSPS) is 10.4. The third-order valence-electron chi connectivity index (χ3n) is 3.96. The topological polar surface area (TPSA) is 119 Å². The van der Waals surface area contributed by atoms with Crippen molar-refractivity contribution in [2.75, 3.05) is 11.9 Å². The number of carbonyl (C=O) groups excluding carboxylic acids is 2. The summed E-state index contributed by atoms with van der Waals surface area (Å²) in [7, 11) is 0. The number of carbonyl (C=O) groups is 2. The van der Waals surface area contributed by atoms with Crippen LogP contribution in [0.1, 0.15) is 15.9 Å². The number of nitro benzene ring substituents is 1. The van der Waals surface area contributed by atoms with E-state index in [1.165, 1.54) is 18.2 Å². The number of benzene rings is 2. The number of nitro groups is 1. The van der Waals surface area contributed by atoms with Gasteiger partial charge in [-0.2, -0.15) is 5.10 Å². The van der Waals surface area contributed by atoms with Crippen LogP contribution in [0.5, 0.6) is 0 Å². The third-order valence-corrected chi connectivity index (χ3v) is 4.21. The highest BCUT2D eigenvalue weighted by molar-refractivity contribution is 6.30. The van der Waals surface area contributed by atoms with Crippen molar-refractivity contribution in [2.45, 2.75) is 6.54 Å². The van der Waals surface area contributed by atoms with E-state index in [9.17, 15) is 19.7 Å². The standard InChI is InChI=1S/C19H16ClN5O4/c20-15-6-4-13(5-7-15)12-24-17(8-9-22-24)23-18(26)11-21-19(27)14-2-1-3-16(10-14)25(28)29/h1-10H,11-12H2,(H,21,27)(H,23,26). The molecule has 29 heavy (non-hydrogen) atoms. The average Bonchev–Trinajstić information content (AvgIpc) is 3.14. The lowest BCUT2D eigenvalue weighted by molar-refractivity contribution is -0.384. The molecule has 2 N–H and O–H groups in total. The maximum absolute atomic E-state index is 12.2. The van der Waals surface area contributed by atoms with Gasteiger partial charge >= 0.3 is 0 Å². The van der Waals surface area contributed by atoms with Crippen molar-refractivity contribution >= 4 is 34.9 Å². The lowest BCUT2D eigenvalue weighted by atomic mass is 10.2. The summed E-state index contributed by atoms with van der Waals surface area (Å²) in [6, 6.07) is 14.1. The minimum atomic E-state index is -0.592. The van der Waals surface area contributed by atoms with E-state index in [2.05, 4.69) is 15.7 Å². The van der Waals surface area contributed by atoms with Crippen molar-refractivity contribution in [3.05, 3.63) is 87.1 Å². The Morgan fingerprint density at radius 3 is 2.62 bits per heavy atom. The van der Waals surface area contributed by atoms with Crippen molar-refractivity contribution in [3.63, 3.8) is 0 Å². The SMILES string of the molecule is O=C(CNC(=O)c1cccc([N+](=O)[O-])c1)Nc1ccnn1Cc1ccc(Cl)cc1. The van der Waals surface area contributed by atoms with Gasteiger partial charge in [-0.3, -0.25) is 19.7 Å². The second kappa shape index (κ2) is 8.98. The highest BCUT2D eigenvalue weighted by atomic mass is 35.5. The molecule has 10 heteroatoms. The molecule has 9 nitrogen and oxygen atoms in total. The second-order valence-electron chi connectivity index (χ2n) is 6.04. The Bertz CT molecular complexity index is 1050. The van der Waals surface area contributed by atoms with Gasteiger partial charge in [-0.1, -0.05) is 29.8 Å². The Hall–Kier alpha value is -3.72. The van der Waals surface area contributed by atoms with E-state index in [0.717, 1.165) is 11.6 Å². The van der Waals surface area contributed by atoms with Crippen LogP contribution in [0, 0.1) is 10.1 Å². The van der Waals surface area contributed by atoms with Gasteiger partial charge in [-0.05, 0) is 23.8 Å². The maximum Gasteiger partial charge on any atom is 0.270 e. The van der Waals surface area contributed by atoms with Crippen LogP contribution >= 0.6 is 11.6 Å². The van der Waals surface area contributed by atoms with Crippen molar-refractivity contribution in [1.29, 1.82) is 0 Å². The molecule has 3 aromatic rings. The first kappa shape index (κ1) is 20.0. The van der Waals surface area contributed by atoms with E-state index in [0.29, 0.717) is 17.4 Å². The number of hydrogen-bond donors (Lipinski definition) is 2. The van der Waals surface area contributed by atoms with E-state index >= 15 is 0 Å². The van der Waals surface area contributed by atoms with Crippen LogP contribution in [0.2, 0.25) is 5.02 Å². The fourth-order valence-corrected chi connectivity index (χ4v) is 2.66. The summed E-state index contributed by atoms with van der Waals surface area (Å²) in [5, 5.41) is 20.7. The van der Waals surface area contributed by atoms with E-state index in [4.69, 9.17) is 11.6 Å². The molecule has 1 heterocycles. The van der Waals surface area contributed by atoms with Crippen LogP contribution in [0.25, 0.3) is 0 Å². The van der Waals surface area contributed by atoms with Gasteiger partial charge in [0.2, 0.25) is 5.91 Å². The number of anilines is 1. The molecule has 0 bridgehead atoms. The van der Waals surface area contributed by atoms with Gasteiger partial charge in [0, 0.05) is 28.8 Å². The molecule has 0 aliphatic heterocycles. The number of non-ortho nitro benzene ring substituents is 1. The maximum atomic E-state index is 12.2. The minimum absolute atomic E-state index is 0.0970. The van der Waals surface area contributed by atoms with Crippen LogP contribution in [0.15, 0.2) is 60.8 Å². The quantitative estimate of drug-likeness (QED) is 0.456. The van der Waals surface area contributed by atoms with E-state index in [-0.39, 0.29) is 17.8 Å². The van der Waals surface area contributed by atoms with Crippen LogP contribution < -0.4 is 10.6 Å². The Labute approximate surface area is 170 Å². The number of rotatable bonds is 7. The fraction of sp³-hybridized carbons (Fsp3) is 0.105. The first-order valence-corrected chi connectivity index (χ1v) is 8.89. The van der Waals surface area contributed by atoms with Gasteiger partial charge < -0.3 is 10.6 Å². The number of nitrogens with one attached hydrogen (secondary N) is 2. The molecular formula is C19H16ClN5O4. The number of halogens is 1. The molecule has 0 spiro atoms. The number of nitrogens with zero attached hydrogens (tertiary/aromatic N) is 3. The largest absolute Gasteiger partial charge is 0.343 e. The van der Waals surface area contributed by atoms with Gasteiger partial charge in [0.25, 0.3) is 11.6 Å². The Kier molecular flexibility index (Phi) is 6.20. The van der Waals surface area contributed by atoms with E-state index in [1.54, 1.807) is 29.1 Å². The summed E-state index contributed by atoms with van der Waals surface area (Å²) in [5.74, 6) is -0.574. The summed E-state index contributed by atoms with van der Waals surface area (Å²) >= 11 is 5.88. The lowest BCUT2D eigenvalue weighted by Crippen LogP contribution is -2.33. The van der Waals surface area contributed by atoms with Crippen LogP contribution in [0.4, 0.5) is 11.5 Å². The Morgan fingerprint density at radius 2 is 1.90 bits per heavy atom. The van der Waals surface area contributed by atoms with E-state index in [1.807, 2.05) is 12.1 Å². The molecule has 0 aliphatic rings. The molecule has 0 saturated heterocycles. The summed E-state index contributed by atoms with van der Waals surface area (Å²) in [6.45, 7) is 0.132. The zero-order valence-electron chi connectivity index (χ0n) is 15.0. The lowest BCUT2D eigenvalue weighted by Gasteiger charge is -2.10. The molecular weight excluding hydrogens is 398 g/mol. The van der Waals surface area contributed by atoms with Crippen molar-refractivity contribution in [1.82, 2.24) is 15.1 Å². The summed E-state index contributed by atoms with van der Waals surface area (Å²) in [5.41, 5.74) is 0.848. The van der Waals surface area contributed by atoms with Crippen LogP contribution in [0.3, 0.4) is 0 Å². The monoisotopic (exact) mass is 413 g/mol. The van der Waals surface area contributed by atoms with Crippen molar-refractivity contribution < 1.29 is 14.5 Å². The summed E-state index contributed by atoms with van der Waals surface area (Å²) in [4.78, 5) is 34.5. The second-order valence-corrected chi connectivity index (χ2v) is 6.48. The van der Waals surface area contributed by atoms with Crippen molar-refractivity contribution in [2.24, 2.45) is 0 Å². The Morgan fingerprint density at radius 1 is 1.14 bits per heavy atom. The summed E-state index contributed by atoms with van der Waals surface area (Å²) in [6.07, 6.45) is 1.55. The predicted octanol–water partition coefficient (Wildman–Crippen LogP) is 2.86. The molecule has 0 radical (unpaired) electrons. The molecule has 3 rings (SSSR count). The zero-order chi connectivity index (χ0) is 20.8. The fourth-order valence-electron chi connectivity index (χ4n) is 2.54. The van der Waals surface area contributed by atoms with Gasteiger partial charge in [0.15, 0.2) is 0 Å².